The fraction of sp³-hybridized carbons (Fsp3) is 1.00. The molecule has 0 aliphatic heterocycles. The van der Waals surface area contributed by atoms with Gasteiger partial charge in [0.1, 0.15) is 0 Å². The number of hydrogen-bond acceptors (Lipinski definition) is 2. The fourth-order valence-corrected chi connectivity index (χ4v) is 1.85. The van der Waals surface area contributed by atoms with E-state index in [4.69, 9.17) is 0 Å². The lowest BCUT2D eigenvalue weighted by molar-refractivity contribution is 0.178. The average Bonchev–Trinajstić information content (AvgIpc) is 2.02. The summed E-state index contributed by atoms with van der Waals surface area (Å²) in [5.74, 6) is 0. The summed E-state index contributed by atoms with van der Waals surface area (Å²) in [6, 6.07) is 0. The first-order chi connectivity index (χ1) is 5.83. The van der Waals surface area contributed by atoms with Gasteiger partial charge in [0.25, 0.3) is 0 Å². The van der Waals surface area contributed by atoms with Gasteiger partial charge < -0.3 is 10.6 Å². The van der Waals surface area contributed by atoms with E-state index in [1.165, 1.54) is 25.7 Å². The summed E-state index contributed by atoms with van der Waals surface area (Å²) in [4.78, 5) is 0. The molecule has 0 amide bonds. The summed E-state index contributed by atoms with van der Waals surface area (Å²) in [7, 11) is 0. The Morgan fingerprint density at radius 3 is 2.33 bits per heavy atom. The van der Waals surface area contributed by atoms with E-state index in [-0.39, 0.29) is 0 Å². The van der Waals surface area contributed by atoms with Crippen LogP contribution in [0.4, 0.5) is 0 Å². The van der Waals surface area contributed by atoms with E-state index in [1.54, 1.807) is 0 Å². The summed E-state index contributed by atoms with van der Waals surface area (Å²) >= 11 is 0. The van der Waals surface area contributed by atoms with Crippen molar-refractivity contribution in [2.45, 2.75) is 45.1 Å². The van der Waals surface area contributed by atoms with E-state index in [1.807, 2.05) is 0 Å². The Labute approximate surface area is 76.1 Å². The highest BCUT2D eigenvalue weighted by molar-refractivity contribution is 4.94. The lowest BCUT2D eigenvalue weighted by Gasteiger charge is -2.42. The Bertz CT molecular complexity index is 113. The van der Waals surface area contributed by atoms with Gasteiger partial charge in [0.05, 0.1) is 0 Å². The quantitative estimate of drug-likeness (QED) is 0.591. The SMILES string of the molecule is CCNCCNC1(CC)CCC1. The molecular weight excluding hydrogens is 148 g/mol. The first-order valence-corrected chi connectivity index (χ1v) is 5.29. The lowest BCUT2D eigenvalue weighted by atomic mass is 9.75. The summed E-state index contributed by atoms with van der Waals surface area (Å²) in [5, 5.41) is 6.99. The maximum absolute atomic E-state index is 3.65. The predicted molar refractivity (Wildman–Crippen MR) is 53.4 cm³/mol. The molecule has 0 bridgehead atoms. The van der Waals surface area contributed by atoms with E-state index in [9.17, 15) is 0 Å². The molecular formula is C10H22N2. The van der Waals surface area contributed by atoms with Gasteiger partial charge in [-0.15, -0.1) is 0 Å². The van der Waals surface area contributed by atoms with Gasteiger partial charge in [0.2, 0.25) is 0 Å². The maximum atomic E-state index is 3.65. The topological polar surface area (TPSA) is 24.1 Å². The standard InChI is InChI=1S/C10H22N2/c1-3-10(6-5-7-10)12-9-8-11-4-2/h11-12H,3-9H2,1-2H3. The molecule has 0 heterocycles. The van der Waals surface area contributed by atoms with Crippen LogP contribution in [-0.2, 0) is 0 Å². The van der Waals surface area contributed by atoms with Crippen LogP contribution in [0.3, 0.4) is 0 Å². The van der Waals surface area contributed by atoms with Gasteiger partial charge in [0.15, 0.2) is 0 Å². The van der Waals surface area contributed by atoms with Crippen LogP contribution in [0.5, 0.6) is 0 Å². The third-order valence-electron chi connectivity index (χ3n) is 3.04. The van der Waals surface area contributed by atoms with Crippen LogP contribution in [0.25, 0.3) is 0 Å². The Hall–Kier alpha value is -0.0800. The van der Waals surface area contributed by atoms with Crippen LogP contribution >= 0.6 is 0 Å². The lowest BCUT2D eigenvalue weighted by Crippen LogP contribution is -2.52. The normalized spacial score (nSPS) is 20.5. The van der Waals surface area contributed by atoms with Crippen molar-refractivity contribution in [1.29, 1.82) is 0 Å². The third kappa shape index (κ3) is 2.46. The molecule has 1 saturated carbocycles. The van der Waals surface area contributed by atoms with Gasteiger partial charge in [-0.05, 0) is 32.2 Å². The monoisotopic (exact) mass is 170 g/mol. The zero-order valence-electron chi connectivity index (χ0n) is 8.45. The largest absolute Gasteiger partial charge is 0.316 e. The van der Waals surface area contributed by atoms with Gasteiger partial charge in [-0.2, -0.15) is 0 Å². The highest BCUT2D eigenvalue weighted by Gasteiger charge is 2.33. The van der Waals surface area contributed by atoms with Crippen LogP contribution in [0.2, 0.25) is 0 Å². The van der Waals surface area contributed by atoms with Gasteiger partial charge in [-0.1, -0.05) is 13.8 Å². The molecule has 1 aliphatic rings. The first kappa shape index (κ1) is 10.0. The second kappa shape index (κ2) is 4.83. The minimum atomic E-state index is 0.523. The zero-order valence-corrected chi connectivity index (χ0v) is 8.45. The molecule has 72 valence electrons. The summed E-state index contributed by atoms with van der Waals surface area (Å²) in [6.07, 6.45) is 5.48. The van der Waals surface area contributed by atoms with Crippen LogP contribution in [0.1, 0.15) is 39.5 Å². The zero-order chi connectivity index (χ0) is 8.86. The summed E-state index contributed by atoms with van der Waals surface area (Å²) in [6.45, 7) is 7.76. The molecule has 12 heavy (non-hydrogen) atoms. The molecule has 0 saturated heterocycles. The number of rotatable bonds is 6. The van der Waals surface area contributed by atoms with E-state index in [0.29, 0.717) is 5.54 Å². The van der Waals surface area contributed by atoms with Crippen LogP contribution in [0, 0.1) is 0 Å². The van der Waals surface area contributed by atoms with Crippen molar-refractivity contribution in [1.82, 2.24) is 10.6 Å². The second-order valence-corrected chi connectivity index (χ2v) is 3.77. The van der Waals surface area contributed by atoms with Gasteiger partial charge in [0, 0.05) is 18.6 Å². The van der Waals surface area contributed by atoms with Crippen LogP contribution in [-0.4, -0.2) is 25.2 Å². The van der Waals surface area contributed by atoms with Crippen molar-refractivity contribution in [3.05, 3.63) is 0 Å². The summed E-state index contributed by atoms with van der Waals surface area (Å²) in [5.41, 5.74) is 0.523. The van der Waals surface area contributed by atoms with Crippen LogP contribution < -0.4 is 10.6 Å². The van der Waals surface area contributed by atoms with Crippen molar-refractivity contribution in [2.24, 2.45) is 0 Å². The third-order valence-corrected chi connectivity index (χ3v) is 3.04. The molecule has 0 radical (unpaired) electrons. The van der Waals surface area contributed by atoms with Crippen molar-refractivity contribution in [3.8, 4) is 0 Å². The molecule has 0 spiro atoms. The van der Waals surface area contributed by atoms with Gasteiger partial charge in [-0.3, -0.25) is 0 Å². The summed E-state index contributed by atoms with van der Waals surface area (Å²) < 4.78 is 0. The molecule has 0 aromatic carbocycles. The molecule has 0 aromatic heterocycles. The highest BCUT2D eigenvalue weighted by atomic mass is 15.0. The Balaban J connectivity index is 2.04. The first-order valence-electron chi connectivity index (χ1n) is 5.29. The Morgan fingerprint density at radius 1 is 1.17 bits per heavy atom. The fourth-order valence-electron chi connectivity index (χ4n) is 1.85. The smallest absolute Gasteiger partial charge is 0.0179 e. The van der Waals surface area contributed by atoms with E-state index in [0.717, 1.165) is 19.6 Å². The van der Waals surface area contributed by atoms with Crippen molar-refractivity contribution in [2.75, 3.05) is 19.6 Å². The molecule has 0 aromatic rings. The van der Waals surface area contributed by atoms with Crippen LogP contribution in [0.15, 0.2) is 0 Å². The molecule has 2 N–H and O–H groups in total. The number of likely N-dealkylation sites (N-methyl/N-ethyl adjacent to an activating group) is 1. The minimum absolute atomic E-state index is 0.523. The van der Waals surface area contributed by atoms with E-state index in [2.05, 4.69) is 24.5 Å². The minimum Gasteiger partial charge on any atom is -0.316 e. The maximum Gasteiger partial charge on any atom is 0.0179 e. The molecule has 2 heteroatoms. The molecule has 0 atom stereocenters. The molecule has 0 unspecified atom stereocenters. The van der Waals surface area contributed by atoms with Crippen molar-refractivity contribution >= 4 is 0 Å². The van der Waals surface area contributed by atoms with Crippen molar-refractivity contribution in [3.63, 3.8) is 0 Å². The molecule has 2 nitrogen and oxygen atoms in total. The molecule has 1 rings (SSSR count). The molecule has 1 fully saturated rings. The average molecular weight is 170 g/mol. The number of nitrogens with one attached hydrogen (secondary N) is 2. The van der Waals surface area contributed by atoms with Gasteiger partial charge in [-0.25, -0.2) is 0 Å². The van der Waals surface area contributed by atoms with E-state index < -0.39 is 0 Å². The van der Waals surface area contributed by atoms with Crippen molar-refractivity contribution < 1.29 is 0 Å². The number of hydrogen-bond donors (Lipinski definition) is 2. The predicted octanol–water partition coefficient (Wildman–Crippen LogP) is 1.52. The molecule has 1 aliphatic carbocycles. The second-order valence-electron chi connectivity index (χ2n) is 3.77. The highest BCUT2D eigenvalue weighted by Crippen LogP contribution is 2.34. The Morgan fingerprint density at radius 2 is 1.92 bits per heavy atom. The Kier molecular flexibility index (Phi) is 4.02. The van der Waals surface area contributed by atoms with Gasteiger partial charge >= 0.3 is 0 Å². The van der Waals surface area contributed by atoms with E-state index >= 15 is 0 Å².